The van der Waals surface area contributed by atoms with E-state index >= 15 is 0 Å². The van der Waals surface area contributed by atoms with E-state index in [9.17, 15) is 18.5 Å². The molecule has 0 bridgehead atoms. The molecule has 19 heavy (non-hydrogen) atoms. The van der Waals surface area contributed by atoms with Crippen LogP contribution in [-0.2, 0) is 10.0 Å². The standard InChI is InChI=1S/C10H10N4O4S/c11-6-8-2-1-5-13(8)19(17,18)9-3-4-10(12-7-9)14(15)16/h3-4,7-8H,1-2,5H2. The van der Waals surface area contributed by atoms with Gasteiger partial charge in [0.2, 0.25) is 10.0 Å². The third kappa shape index (κ3) is 2.40. The second-order valence-corrected chi connectivity index (χ2v) is 5.90. The number of nitriles is 1. The highest BCUT2D eigenvalue weighted by atomic mass is 32.2. The van der Waals surface area contributed by atoms with E-state index in [1.807, 2.05) is 6.07 Å². The first-order valence-corrected chi connectivity index (χ1v) is 6.92. The van der Waals surface area contributed by atoms with Gasteiger partial charge in [-0.2, -0.15) is 9.57 Å². The van der Waals surface area contributed by atoms with Crippen molar-refractivity contribution in [3.05, 3.63) is 28.4 Å². The Balaban J connectivity index is 2.35. The van der Waals surface area contributed by atoms with E-state index in [2.05, 4.69) is 4.98 Å². The van der Waals surface area contributed by atoms with E-state index < -0.39 is 26.8 Å². The zero-order valence-electron chi connectivity index (χ0n) is 9.76. The Hall–Kier alpha value is -2.05. The molecule has 1 aromatic rings. The number of hydrogen-bond donors (Lipinski definition) is 0. The molecule has 0 aromatic carbocycles. The maximum atomic E-state index is 12.2. The van der Waals surface area contributed by atoms with Crippen LogP contribution in [0.5, 0.6) is 0 Å². The first kappa shape index (κ1) is 13.4. The lowest BCUT2D eigenvalue weighted by molar-refractivity contribution is -0.389. The maximum absolute atomic E-state index is 12.2. The highest BCUT2D eigenvalue weighted by Gasteiger charge is 2.36. The highest BCUT2D eigenvalue weighted by Crippen LogP contribution is 2.25. The minimum Gasteiger partial charge on any atom is -0.358 e. The fourth-order valence-electron chi connectivity index (χ4n) is 1.93. The van der Waals surface area contributed by atoms with Gasteiger partial charge < -0.3 is 10.1 Å². The summed E-state index contributed by atoms with van der Waals surface area (Å²) in [4.78, 5) is 13.1. The van der Waals surface area contributed by atoms with Crippen LogP contribution in [-0.4, -0.2) is 35.2 Å². The van der Waals surface area contributed by atoms with Crippen LogP contribution in [0.3, 0.4) is 0 Å². The van der Waals surface area contributed by atoms with Crippen LogP contribution in [0, 0.1) is 21.4 Å². The van der Waals surface area contributed by atoms with Crippen molar-refractivity contribution in [3.63, 3.8) is 0 Å². The van der Waals surface area contributed by atoms with Crippen LogP contribution in [0.25, 0.3) is 0 Å². The van der Waals surface area contributed by atoms with Crippen LogP contribution >= 0.6 is 0 Å². The monoisotopic (exact) mass is 282 g/mol. The molecule has 1 atom stereocenters. The molecule has 9 heteroatoms. The van der Waals surface area contributed by atoms with E-state index in [0.29, 0.717) is 12.8 Å². The Morgan fingerprint density at radius 3 is 2.79 bits per heavy atom. The molecule has 0 radical (unpaired) electrons. The van der Waals surface area contributed by atoms with Crippen LogP contribution in [0.2, 0.25) is 0 Å². The van der Waals surface area contributed by atoms with Crippen molar-refractivity contribution in [2.75, 3.05) is 6.54 Å². The average Bonchev–Trinajstić information content (AvgIpc) is 2.87. The van der Waals surface area contributed by atoms with Gasteiger partial charge in [-0.25, -0.2) is 8.42 Å². The van der Waals surface area contributed by atoms with Crippen LogP contribution in [0.4, 0.5) is 5.82 Å². The Morgan fingerprint density at radius 1 is 1.53 bits per heavy atom. The smallest absolute Gasteiger partial charge is 0.358 e. The molecule has 1 saturated heterocycles. The molecule has 2 heterocycles. The van der Waals surface area contributed by atoms with E-state index in [4.69, 9.17) is 5.26 Å². The van der Waals surface area contributed by atoms with E-state index in [1.54, 1.807) is 0 Å². The van der Waals surface area contributed by atoms with Gasteiger partial charge in [-0.15, -0.1) is 0 Å². The van der Waals surface area contributed by atoms with Crippen LogP contribution in [0.1, 0.15) is 12.8 Å². The van der Waals surface area contributed by atoms with Crippen LogP contribution < -0.4 is 0 Å². The molecule has 1 unspecified atom stereocenters. The fraction of sp³-hybridized carbons (Fsp3) is 0.400. The number of nitrogens with zero attached hydrogens (tertiary/aromatic N) is 4. The first-order valence-electron chi connectivity index (χ1n) is 5.48. The molecule has 8 nitrogen and oxygen atoms in total. The second kappa shape index (κ2) is 4.91. The summed E-state index contributed by atoms with van der Waals surface area (Å²) in [6, 6.07) is 3.42. The van der Waals surface area contributed by atoms with E-state index in [0.717, 1.165) is 22.6 Å². The van der Waals surface area contributed by atoms with Gasteiger partial charge in [0.15, 0.2) is 6.20 Å². The minimum atomic E-state index is -3.82. The van der Waals surface area contributed by atoms with Crippen molar-refractivity contribution in [3.8, 4) is 6.07 Å². The topological polar surface area (TPSA) is 117 Å². The summed E-state index contributed by atoms with van der Waals surface area (Å²) in [5.74, 6) is -0.419. The predicted molar refractivity (Wildman–Crippen MR) is 63.4 cm³/mol. The SMILES string of the molecule is N#CC1CCCN1S(=O)(=O)c1ccc([N+](=O)[O-])nc1. The van der Waals surface area contributed by atoms with Gasteiger partial charge in [0.1, 0.15) is 10.9 Å². The lowest BCUT2D eigenvalue weighted by Gasteiger charge is -2.18. The van der Waals surface area contributed by atoms with Crippen molar-refractivity contribution in [1.29, 1.82) is 5.26 Å². The molecule has 0 N–H and O–H groups in total. The fourth-order valence-corrected chi connectivity index (χ4v) is 3.48. The highest BCUT2D eigenvalue weighted by molar-refractivity contribution is 7.89. The van der Waals surface area contributed by atoms with Crippen molar-refractivity contribution < 1.29 is 13.3 Å². The zero-order chi connectivity index (χ0) is 14.0. The molecule has 0 spiro atoms. The third-order valence-electron chi connectivity index (χ3n) is 2.87. The summed E-state index contributed by atoms with van der Waals surface area (Å²) in [7, 11) is -3.82. The lowest BCUT2D eigenvalue weighted by atomic mass is 10.2. The molecular formula is C10H10N4O4S. The molecule has 0 saturated carbocycles. The number of rotatable bonds is 3. The molecular weight excluding hydrogens is 272 g/mol. The summed E-state index contributed by atoms with van der Waals surface area (Å²) in [5, 5.41) is 19.4. The molecule has 100 valence electrons. The summed E-state index contributed by atoms with van der Waals surface area (Å²) in [6.45, 7) is 0.275. The van der Waals surface area contributed by atoms with E-state index in [-0.39, 0.29) is 11.4 Å². The van der Waals surface area contributed by atoms with Gasteiger partial charge in [-0.05, 0) is 28.8 Å². The van der Waals surface area contributed by atoms with Crippen molar-refractivity contribution >= 4 is 15.8 Å². The first-order chi connectivity index (χ1) is 8.96. The maximum Gasteiger partial charge on any atom is 0.363 e. The molecule has 0 amide bonds. The summed E-state index contributed by atoms with van der Waals surface area (Å²) in [6.07, 6.45) is 2.06. The Morgan fingerprint density at radius 2 is 2.26 bits per heavy atom. The molecule has 1 aliphatic rings. The number of sulfonamides is 1. The molecule has 1 aromatic heterocycles. The minimum absolute atomic E-state index is 0.139. The third-order valence-corrected chi connectivity index (χ3v) is 4.76. The summed E-state index contributed by atoms with van der Waals surface area (Å²) < 4.78 is 25.6. The predicted octanol–water partition coefficient (Wildman–Crippen LogP) is 0.666. The second-order valence-electron chi connectivity index (χ2n) is 4.01. The normalized spacial score (nSPS) is 20.1. The van der Waals surface area contributed by atoms with Gasteiger partial charge in [0.25, 0.3) is 0 Å². The van der Waals surface area contributed by atoms with Crippen LogP contribution in [0.15, 0.2) is 23.2 Å². The summed E-state index contributed by atoms with van der Waals surface area (Å²) >= 11 is 0. The number of hydrogen-bond acceptors (Lipinski definition) is 6. The number of pyridine rings is 1. The number of aromatic nitrogens is 1. The molecule has 0 aliphatic carbocycles. The lowest BCUT2D eigenvalue weighted by Crippen LogP contribution is -2.34. The van der Waals surface area contributed by atoms with Crippen molar-refractivity contribution in [1.82, 2.24) is 9.29 Å². The summed E-state index contributed by atoms with van der Waals surface area (Å²) in [5.41, 5.74) is 0. The average molecular weight is 282 g/mol. The largest absolute Gasteiger partial charge is 0.363 e. The van der Waals surface area contributed by atoms with Crippen molar-refractivity contribution in [2.24, 2.45) is 0 Å². The van der Waals surface area contributed by atoms with E-state index in [1.165, 1.54) is 0 Å². The number of nitro groups is 1. The Bertz CT molecular complexity index is 634. The quantitative estimate of drug-likeness (QED) is 0.594. The van der Waals surface area contributed by atoms with Gasteiger partial charge in [0.05, 0.1) is 6.07 Å². The molecule has 1 fully saturated rings. The van der Waals surface area contributed by atoms with Gasteiger partial charge in [-0.3, -0.25) is 0 Å². The van der Waals surface area contributed by atoms with Gasteiger partial charge in [-0.1, -0.05) is 0 Å². The van der Waals surface area contributed by atoms with Crippen molar-refractivity contribution in [2.45, 2.75) is 23.8 Å². The Kier molecular flexibility index (Phi) is 3.46. The Labute approximate surface area is 109 Å². The molecule has 2 rings (SSSR count). The van der Waals surface area contributed by atoms with Gasteiger partial charge in [0, 0.05) is 12.6 Å². The van der Waals surface area contributed by atoms with Gasteiger partial charge >= 0.3 is 5.82 Å². The zero-order valence-corrected chi connectivity index (χ0v) is 10.6. The molecule has 1 aliphatic heterocycles.